The number of nitrogens with zero attached hydrogens (tertiary/aromatic N) is 1. The molecule has 0 aromatic rings. The molecule has 0 unspecified atom stereocenters. The molecule has 0 radical (unpaired) electrons. The van der Waals surface area contributed by atoms with Crippen LogP contribution in [0.15, 0.2) is 12.7 Å². The quantitative estimate of drug-likeness (QED) is 0.507. The Balaban J connectivity index is 3.46. The number of halogens is 3. The minimum Gasteiger partial charge on any atom is -0.307 e. The van der Waals surface area contributed by atoms with Crippen LogP contribution >= 0.6 is 0 Å². The largest absolute Gasteiger partial charge is 0.401 e. The van der Waals surface area contributed by atoms with E-state index in [4.69, 9.17) is 0 Å². The summed E-state index contributed by atoms with van der Waals surface area (Å²) in [6.45, 7) is 7.11. The minimum absolute atomic E-state index is 0.348. The molecular formula is C9H17F3N2. The second-order valence-corrected chi connectivity index (χ2v) is 2.97. The molecular weight excluding hydrogens is 193 g/mol. The minimum atomic E-state index is -4.12. The Morgan fingerprint density at radius 3 is 2.50 bits per heavy atom. The summed E-state index contributed by atoms with van der Waals surface area (Å²) >= 11 is 0. The maximum Gasteiger partial charge on any atom is 0.401 e. The Morgan fingerprint density at radius 2 is 2.07 bits per heavy atom. The molecule has 0 bridgehead atoms. The fraction of sp³-hybridized carbons (Fsp3) is 0.778. The number of hydrogen-bond acceptors (Lipinski definition) is 2. The van der Waals surface area contributed by atoms with Gasteiger partial charge in [0.15, 0.2) is 0 Å². The Hall–Kier alpha value is -0.550. The fourth-order valence-corrected chi connectivity index (χ4v) is 1.03. The van der Waals surface area contributed by atoms with Crippen molar-refractivity contribution in [1.82, 2.24) is 10.2 Å². The molecule has 2 nitrogen and oxygen atoms in total. The smallest absolute Gasteiger partial charge is 0.307 e. The summed E-state index contributed by atoms with van der Waals surface area (Å²) in [5.41, 5.74) is 0. The van der Waals surface area contributed by atoms with Crippen LogP contribution in [0.4, 0.5) is 13.2 Å². The number of alkyl halides is 3. The van der Waals surface area contributed by atoms with Crippen LogP contribution in [0.2, 0.25) is 0 Å². The highest BCUT2D eigenvalue weighted by Crippen LogP contribution is 2.11. The lowest BCUT2D eigenvalue weighted by Gasteiger charge is -2.18. The normalized spacial score (nSPS) is 12.1. The average molecular weight is 210 g/mol. The molecule has 5 heteroatoms. The first kappa shape index (κ1) is 13.4. The van der Waals surface area contributed by atoms with E-state index in [1.165, 1.54) is 0 Å². The first-order valence-electron chi connectivity index (χ1n) is 4.60. The molecule has 0 heterocycles. The van der Waals surface area contributed by atoms with E-state index in [0.717, 1.165) is 6.54 Å². The maximum atomic E-state index is 11.7. The van der Waals surface area contributed by atoms with E-state index in [1.807, 2.05) is 11.8 Å². The van der Waals surface area contributed by atoms with Gasteiger partial charge in [-0.15, -0.1) is 6.58 Å². The summed E-state index contributed by atoms with van der Waals surface area (Å²) in [4.78, 5) is 2.01. The van der Waals surface area contributed by atoms with Crippen molar-refractivity contribution >= 4 is 0 Å². The zero-order valence-electron chi connectivity index (χ0n) is 8.40. The lowest BCUT2D eigenvalue weighted by atomic mass is 10.4. The predicted molar refractivity (Wildman–Crippen MR) is 51.2 cm³/mol. The number of rotatable bonds is 7. The molecule has 0 aromatic carbocycles. The summed E-state index contributed by atoms with van der Waals surface area (Å²) in [5, 5.41) is 2.35. The third kappa shape index (κ3) is 8.07. The SMILES string of the molecule is C=CCN(CC)CCNCC(F)(F)F. The van der Waals surface area contributed by atoms with Crippen molar-refractivity contribution in [2.45, 2.75) is 13.1 Å². The van der Waals surface area contributed by atoms with Crippen molar-refractivity contribution in [3.63, 3.8) is 0 Å². The summed E-state index contributed by atoms with van der Waals surface area (Å²) in [6, 6.07) is 0. The van der Waals surface area contributed by atoms with E-state index in [-0.39, 0.29) is 0 Å². The summed E-state index contributed by atoms with van der Waals surface area (Å²) in [7, 11) is 0. The maximum absolute atomic E-state index is 11.7. The zero-order chi connectivity index (χ0) is 11.0. The number of likely N-dealkylation sites (N-methyl/N-ethyl adjacent to an activating group) is 1. The Morgan fingerprint density at radius 1 is 1.43 bits per heavy atom. The van der Waals surface area contributed by atoms with Crippen LogP contribution in [0.5, 0.6) is 0 Å². The molecule has 0 rings (SSSR count). The van der Waals surface area contributed by atoms with E-state index < -0.39 is 12.7 Å². The van der Waals surface area contributed by atoms with Crippen molar-refractivity contribution in [2.24, 2.45) is 0 Å². The Kier molecular flexibility index (Phi) is 6.57. The monoisotopic (exact) mass is 210 g/mol. The van der Waals surface area contributed by atoms with Crippen LogP contribution in [-0.4, -0.2) is 43.8 Å². The Bertz CT molecular complexity index is 157. The molecule has 1 N–H and O–H groups in total. The van der Waals surface area contributed by atoms with Crippen molar-refractivity contribution in [3.8, 4) is 0 Å². The van der Waals surface area contributed by atoms with Crippen LogP contribution in [0.25, 0.3) is 0 Å². The van der Waals surface area contributed by atoms with Gasteiger partial charge in [-0.2, -0.15) is 13.2 Å². The van der Waals surface area contributed by atoms with Gasteiger partial charge in [-0.1, -0.05) is 13.0 Å². The van der Waals surface area contributed by atoms with Gasteiger partial charge in [-0.3, -0.25) is 4.90 Å². The highest BCUT2D eigenvalue weighted by Gasteiger charge is 2.25. The molecule has 14 heavy (non-hydrogen) atoms. The predicted octanol–water partition coefficient (Wildman–Crippen LogP) is 1.65. The number of nitrogens with one attached hydrogen (secondary N) is 1. The van der Waals surface area contributed by atoms with Gasteiger partial charge in [0, 0.05) is 19.6 Å². The van der Waals surface area contributed by atoms with Gasteiger partial charge >= 0.3 is 6.18 Å². The first-order valence-corrected chi connectivity index (χ1v) is 4.60. The topological polar surface area (TPSA) is 15.3 Å². The highest BCUT2D eigenvalue weighted by atomic mass is 19.4. The molecule has 0 aromatic heterocycles. The third-order valence-electron chi connectivity index (χ3n) is 1.76. The third-order valence-corrected chi connectivity index (χ3v) is 1.76. The van der Waals surface area contributed by atoms with Crippen molar-refractivity contribution in [1.29, 1.82) is 0 Å². The van der Waals surface area contributed by atoms with Crippen LogP contribution in [-0.2, 0) is 0 Å². The molecule has 84 valence electrons. The lowest BCUT2D eigenvalue weighted by Crippen LogP contribution is -2.36. The van der Waals surface area contributed by atoms with Gasteiger partial charge in [-0.05, 0) is 6.54 Å². The number of hydrogen-bond donors (Lipinski definition) is 1. The van der Waals surface area contributed by atoms with Gasteiger partial charge in [-0.25, -0.2) is 0 Å². The zero-order valence-corrected chi connectivity index (χ0v) is 8.40. The fourth-order valence-electron chi connectivity index (χ4n) is 1.03. The van der Waals surface area contributed by atoms with Crippen LogP contribution in [0.3, 0.4) is 0 Å². The molecule has 0 aliphatic heterocycles. The van der Waals surface area contributed by atoms with Crippen molar-refractivity contribution in [2.75, 3.05) is 32.7 Å². The average Bonchev–Trinajstić information content (AvgIpc) is 2.08. The lowest BCUT2D eigenvalue weighted by molar-refractivity contribution is -0.124. The van der Waals surface area contributed by atoms with Gasteiger partial charge in [0.2, 0.25) is 0 Å². The van der Waals surface area contributed by atoms with Crippen molar-refractivity contribution < 1.29 is 13.2 Å². The highest BCUT2D eigenvalue weighted by molar-refractivity contribution is 4.73. The van der Waals surface area contributed by atoms with E-state index >= 15 is 0 Å². The van der Waals surface area contributed by atoms with Gasteiger partial charge in [0.1, 0.15) is 0 Å². The molecule has 0 saturated heterocycles. The van der Waals surface area contributed by atoms with Gasteiger partial charge < -0.3 is 5.32 Å². The second-order valence-electron chi connectivity index (χ2n) is 2.97. The van der Waals surface area contributed by atoms with Crippen LogP contribution in [0.1, 0.15) is 6.92 Å². The van der Waals surface area contributed by atoms with E-state index in [0.29, 0.717) is 19.6 Å². The molecule has 0 fully saturated rings. The summed E-state index contributed by atoms with van der Waals surface area (Å²) in [5.74, 6) is 0. The van der Waals surface area contributed by atoms with Crippen molar-refractivity contribution in [3.05, 3.63) is 12.7 Å². The van der Waals surface area contributed by atoms with E-state index in [1.54, 1.807) is 6.08 Å². The molecule has 0 aliphatic rings. The molecule has 0 spiro atoms. The van der Waals surface area contributed by atoms with E-state index in [9.17, 15) is 13.2 Å². The van der Waals surface area contributed by atoms with E-state index in [2.05, 4.69) is 11.9 Å². The molecule has 0 saturated carbocycles. The van der Waals surface area contributed by atoms with Crippen LogP contribution in [0, 0.1) is 0 Å². The molecule has 0 aliphatic carbocycles. The summed E-state index contributed by atoms with van der Waals surface area (Å²) < 4.78 is 35.2. The first-order chi connectivity index (χ1) is 6.49. The Labute approximate surface area is 82.8 Å². The standard InChI is InChI=1S/C9H17F3N2/c1-3-6-14(4-2)7-5-13-8-9(10,11)12/h3,13H,1,4-8H2,2H3. The molecule has 0 amide bonds. The van der Waals surface area contributed by atoms with Gasteiger partial charge in [0.05, 0.1) is 6.54 Å². The second kappa shape index (κ2) is 6.84. The van der Waals surface area contributed by atoms with Gasteiger partial charge in [0.25, 0.3) is 0 Å². The molecule has 0 atom stereocenters. The van der Waals surface area contributed by atoms with Crippen LogP contribution < -0.4 is 5.32 Å². The summed E-state index contributed by atoms with van der Waals surface area (Å²) in [6.07, 6.45) is -2.37.